The first-order valence-corrected chi connectivity index (χ1v) is 8.33. The number of nitrogens with one attached hydrogen (secondary N) is 1. The van der Waals surface area contributed by atoms with Crippen molar-refractivity contribution in [1.29, 1.82) is 0 Å². The number of anilines is 1. The quantitative estimate of drug-likeness (QED) is 0.738. The fourth-order valence-electron chi connectivity index (χ4n) is 2.16. The number of rotatable bonds is 4. The topological polar surface area (TPSA) is 110 Å². The lowest BCUT2D eigenvalue weighted by Crippen LogP contribution is -2.25. The molecule has 0 bridgehead atoms. The van der Waals surface area contributed by atoms with Crippen LogP contribution < -0.4 is 10.9 Å². The Morgan fingerprint density at radius 1 is 1.32 bits per heavy atom. The van der Waals surface area contributed by atoms with E-state index < -0.39 is 17.2 Å². The van der Waals surface area contributed by atoms with Crippen LogP contribution in [-0.2, 0) is 6.42 Å². The molecule has 0 spiro atoms. The second-order valence-electron chi connectivity index (χ2n) is 5.28. The molecule has 8 nitrogen and oxygen atoms in total. The van der Waals surface area contributed by atoms with E-state index in [-0.39, 0.29) is 5.69 Å². The largest absolute Gasteiger partial charge is 0.505 e. The van der Waals surface area contributed by atoms with E-state index in [4.69, 9.17) is 0 Å². The van der Waals surface area contributed by atoms with Gasteiger partial charge in [-0.15, -0.1) is 10.2 Å². The summed E-state index contributed by atoms with van der Waals surface area (Å²) in [5, 5.41) is 25.3. The number of aromatic hydroxyl groups is 1. The van der Waals surface area contributed by atoms with Gasteiger partial charge < -0.3 is 5.11 Å². The van der Waals surface area contributed by atoms with Gasteiger partial charge in [-0.2, -0.15) is 9.78 Å². The monoisotopic (exact) mass is 357 g/mol. The number of benzene rings is 1. The number of aromatic nitrogens is 4. The summed E-state index contributed by atoms with van der Waals surface area (Å²) < 4.78 is 1.07. The molecule has 0 saturated heterocycles. The molecule has 1 amide bonds. The highest BCUT2D eigenvalue weighted by molar-refractivity contribution is 7.15. The summed E-state index contributed by atoms with van der Waals surface area (Å²) >= 11 is 1.24. The van der Waals surface area contributed by atoms with Gasteiger partial charge in [-0.3, -0.25) is 14.9 Å². The zero-order valence-electron chi connectivity index (χ0n) is 13.6. The van der Waals surface area contributed by atoms with Gasteiger partial charge in [0.15, 0.2) is 11.4 Å². The summed E-state index contributed by atoms with van der Waals surface area (Å²) in [6, 6.07) is 8.06. The van der Waals surface area contributed by atoms with E-state index in [1.807, 2.05) is 19.9 Å². The minimum Gasteiger partial charge on any atom is -0.505 e. The highest BCUT2D eigenvalue weighted by atomic mass is 32.1. The molecular weight excluding hydrogens is 342 g/mol. The summed E-state index contributed by atoms with van der Waals surface area (Å²) in [4.78, 5) is 24.5. The van der Waals surface area contributed by atoms with Gasteiger partial charge in [0.05, 0.1) is 5.69 Å². The molecule has 128 valence electrons. The second-order valence-corrected chi connectivity index (χ2v) is 6.34. The third kappa shape index (κ3) is 3.56. The van der Waals surface area contributed by atoms with Crippen molar-refractivity contribution in [3.63, 3.8) is 0 Å². The van der Waals surface area contributed by atoms with Gasteiger partial charge in [-0.1, -0.05) is 30.4 Å². The van der Waals surface area contributed by atoms with E-state index in [2.05, 4.69) is 20.6 Å². The van der Waals surface area contributed by atoms with Gasteiger partial charge in [-0.05, 0) is 31.0 Å². The number of hydrogen-bond donors (Lipinski definition) is 2. The molecule has 0 aliphatic rings. The van der Waals surface area contributed by atoms with Gasteiger partial charge in [0.2, 0.25) is 5.13 Å². The van der Waals surface area contributed by atoms with Crippen LogP contribution in [0.2, 0.25) is 0 Å². The first kappa shape index (κ1) is 16.8. The van der Waals surface area contributed by atoms with Gasteiger partial charge in [0.25, 0.3) is 11.5 Å². The molecule has 3 rings (SSSR count). The van der Waals surface area contributed by atoms with Crippen LogP contribution in [-0.4, -0.2) is 31.0 Å². The summed E-state index contributed by atoms with van der Waals surface area (Å²) in [5.41, 5.74) is 0.632. The van der Waals surface area contributed by atoms with Crippen molar-refractivity contribution < 1.29 is 9.90 Å². The molecule has 1 aromatic carbocycles. The summed E-state index contributed by atoms with van der Waals surface area (Å²) in [7, 11) is 0. The summed E-state index contributed by atoms with van der Waals surface area (Å²) in [6.07, 6.45) is 0.704. The molecule has 25 heavy (non-hydrogen) atoms. The Balaban J connectivity index is 1.97. The molecule has 0 aliphatic heterocycles. The molecular formula is C16H15N5O3S. The van der Waals surface area contributed by atoms with E-state index in [1.54, 1.807) is 18.2 Å². The van der Waals surface area contributed by atoms with E-state index in [1.165, 1.54) is 11.3 Å². The zero-order chi connectivity index (χ0) is 18.0. The Kier molecular flexibility index (Phi) is 4.57. The van der Waals surface area contributed by atoms with Crippen molar-refractivity contribution in [2.75, 3.05) is 5.32 Å². The van der Waals surface area contributed by atoms with Crippen LogP contribution in [0.25, 0.3) is 5.69 Å². The minimum absolute atomic E-state index is 0.269. The lowest BCUT2D eigenvalue weighted by atomic mass is 10.2. The normalized spacial score (nSPS) is 10.6. The molecule has 2 heterocycles. The van der Waals surface area contributed by atoms with Crippen molar-refractivity contribution in [2.45, 2.75) is 20.3 Å². The van der Waals surface area contributed by atoms with Crippen LogP contribution in [0.15, 0.2) is 35.1 Å². The van der Waals surface area contributed by atoms with Crippen molar-refractivity contribution in [1.82, 2.24) is 20.0 Å². The summed E-state index contributed by atoms with van der Waals surface area (Å²) in [6.45, 7) is 3.81. The Morgan fingerprint density at radius 3 is 2.80 bits per heavy atom. The van der Waals surface area contributed by atoms with E-state index in [0.717, 1.165) is 21.3 Å². The van der Waals surface area contributed by atoms with Crippen LogP contribution >= 0.6 is 11.3 Å². The van der Waals surface area contributed by atoms with E-state index in [0.29, 0.717) is 17.2 Å². The van der Waals surface area contributed by atoms with Crippen molar-refractivity contribution >= 4 is 22.4 Å². The number of carbonyl (C=O) groups excluding carboxylic acids is 1. The van der Waals surface area contributed by atoms with Crippen molar-refractivity contribution in [3.8, 4) is 11.4 Å². The van der Waals surface area contributed by atoms with E-state index >= 15 is 0 Å². The molecule has 3 aromatic rings. The first-order chi connectivity index (χ1) is 12.0. The lowest BCUT2D eigenvalue weighted by Gasteiger charge is -2.08. The Bertz CT molecular complexity index is 995. The standard InChI is InChI=1S/C16H15N5O3S/c1-3-12-18-19-16(25-12)17-15(24)14-11(22)8-13(23)21(20-14)10-6-4-5-9(2)7-10/h4-8,22H,3H2,1-2H3,(H,17,19,24). The maximum atomic E-state index is 12.4. The van der Waals surface area contributed by atoms with Crippen molar-refractivity contribution in [3.05, 3.63) is 57.0 Å². The van der Waals surface area contributed by atoms with Crippen LogP contribution in [0.4, 0.5) is 5.13 Å². The predicted molar refractivity (Wildman–Crippen MR) is 93.5 cm³/mol. The number of carbonyl (C=O) groups is 1. The van der Waals surface area contributed by atoms with Crippen LogP contribution in [0, 0.1) is 6.92 Å². The fraction of sp³-hybridized carbons (Fsp3) is 0.188. The fourth-order valence-corrected chi connectivity index (χ4v) is 2.83. The molecule has 0 fully saturated rings. The molecule has 0 atom stereocenters. The molecule has 2 aromatic heterocycles. The number of aryl methyl sites for hydroxylation is 2. The number of nitrogens with zero attached hydrogens (tertiary/aromatic N) is 4. The predicted octanol–water partition coefficient (Wildman–Crippen LogP) is 1.91. The highest BCUT2D eigenvalue weighted by Gasteiger charge is 2.18. The van der Waals surface area contributed by atoms with Gasteiger partial charge in [-0.25, -0.2) is 0 Å². The average molecular weight is 357 g/mol. The number of amides is 1. The number of hydrogen-bond acceptors (Lipinski definition) is 7. The molecule has 0 aliphatic carbocycles. The minimum atomic E-state index is -0.669. The molecule has 9 heteroatoms. The highest BCUT2D eigenvalue weighted by Crippen LogP contribution is 2.19. The zero-order valence-corrected chi connectivity index (χ0v) is 14.4. The third-order valence-electron chi connectivity index (χ3n) is 3.36. The van der Waals surface area contributed by atoms with E-state index in [9.17, 15) is 14.7 Å². The first-order valence-electron chi connectivity index (χ1n) is 7.52. The SMILES string of the molecule is CCc1nnc(NC(=O)c2nn(-c3cccc(C)c3)c(=O)cc2O)s1. The maximum absolute atomic E-state index is 12.4. The Morgan fingerprint density at radius 2 is 2.12 bits per heavy atom. The third-order valence-corrected chi connectivity index (χ3v) is 4.35. The maximum Gasteiger partial charge on any atom is 0.281 e. The summed E-state index contributed by atoms with van der Waals surface area (Å²) in [5.74, 6) is -1.16. The van der Waals surface area contributed by atoms with Crippen molar-refractivity contribution in [2.24, 2.45) is 0 Å². The second kappa shape index (κ2) is 6.81. The average Bonchev–Trinajstić information content (AvgIpc) is 3.02. The molecule has 0 radical (unpaired) electrons. The molecule has 0 saturated carbocycles. The van der Waals surface area contributed by atoms with Crippen LogP contribution in [0.1, 0.15) is 28.0 Å². The molecule has 0 unspecified atom stereocenters. The van der Waals surface area contributed by atoms with Crippen LogP contribution in [0.5, 0.6) is 5.75 Å². The Hall–Kier alpha value is -3.07. The molecule has 2 N–H and O–H groups in total. The smallest absolute Gasteiger partial charge is 0.281 e. The lowest BCUT2D eigenvalue weighted by molar-refractivity contribution is 0.101. The Labute approximate surface area is 146 Å². The van der Waals surface area contributed by atoms with Crippen LogP contribution in [0.3, 0.4) is 0 Å². The van der Waals surface area contributed by atoms with Gasteiger partial charge in [0, 0.05) is 6.07 Å². The van der Waals surface area contributed by atoms with Gasteiger partial charge in [0.1, 0.15) is 5.01 Å². The van der Waals surface area contributed by atoms with Gasteiger partial charge >= 0.3 is 0 Å².